The van der Waals surface area contributed by atoms with Crippen molar-refractivity contribution >= 4 is 29.3 Å². The van der Waals surface area contributed by atoms with Crippen LogP contribution in [-0.2, 0) is 11.2 Å². The van der Waals surface area contributed by atoms with E-state index >= 15 is 0 Å². The van der Waals surface area contributed by atoms with Gasteiger partial charge in [-0.2, -0.15) is 0 Å². The van der Waals surface area contributed by atoms with Crippen LogP contribution in [0.25, 0.3) is 11.0 Å². The number of halogens is 1. The topological polar surface area (TPSA) is 68.3 Å². The molecule has 1 aliphatic rings. The molecule has 1 aliphatic carbocycles. The van der Waals surface area contributed by atoms with Gasteiger partial charge in [-0.05, 0) is 31.4 Å². The Labute approximate surface area is 136 Å². The number of nitrogens with one attached hydrogen (secondary N) is 1. The number of hydrogen-bond donors (Lipinski definition) is 2. The van der Waals surface area contributed by atoms with Gasteiger partial charge in [-0.3, -0.25) is 4.79 Å². The van der Waals surface area contributed by atoms with Crippen molar-refractivity contribution in [1.29, 1.82) is 0 Å². The van der Waals surface area contributed by atoms with Crippen LogP contribution in [0, 0.1) is 5.92 Å². The molecule has 3 N–H and O–H groups in total. The molecule has 4 nitrogen and oxygen atoms in total. The Kier molecular flexibility index (Phi) is 5.86. The van der Waals surface area contributed by atoms with E-state index in [1.807, 2.05) is 30.3 Å². The Morgan fingerprint density at radius 3 is 2.91 bits per heavy atom. The van der Waals surface area contributed by atoms with Crippen LogP contribution in [0.15, 0.2) is 34.7 Å². The first-order chi connectivity index (χ1) is 10.2. The first-order valence-corrected chi connectivity index (χ1v) is 7.73. The van der Waals surface area contributed by atoms with E-state index in [2.05, 4.69) is 5.32 Å². The molecule has 5 heteroatoms. The number of furan rings is 1. The van der Waals surface area contributed by atoms with Gasteiger partial charge in [0.25, 0.3) is 0 Å². The third-order valence-electron chi connectivity index (χ3n) is 4.23. The first kappa shape index (κ1) is 16.8. The summed E-state index contributed by atoms with van der Waals surface area (Å²) in [5.74, 6) is 1.14. The maximum absolute atomic E-state index is 12.1. The number of carbonyl (C=O) groups is 1. The van der Waals surface area contributed by atoms with Crippen molar-refractivity contribution in [2.75, 3.05) is 6.54 Å². The number of fused-ring (bicyclic) bond motifs is 1. The molecule has 0 radical (unpaired) electrons. The van der Waals surface area contributed by atoms with E-state index in [9.17, 15) is 4.79 Å². The summed E-state index contributed by atoms with van der Waals surface area (Å²) in [5, 5.41) is 4.12. The third-order valence-corrected chi connectivity index (χ3v) is 4.23. The summed E-state index contributed by atoms with van der Waals surface area (Å²) >= 11 is 0. The second-order valence-electron chi connectivity index (χ2n) is 5.92. The zero-order valence-electron chi connectivity index (χ0n) is 12.6. The molecule has 1 aromatic carbocycles. The Bertz CT molecular complexity index is 593. The maximum Gasteiger partial charge on any atom is 0.223 e. The Morgan fingerprint density at radius 1 is 1.32 bits per heavy atom. The van der Waals surface area contributed by atoms with Crippen LogP contribution in [0.2, 0.25) is 0 Å². The molecule has 120 valence electrons. The predicted octanol–water partition coefficient (Wildman–Crippen LogP) is 3.03. The standard InChI is InChI=1S/C17H22N2O2.ClH/c18-14-6-3-5-13(10-14)17(20)19-9-8-15-11-12-4-1-2-7-16(12)21-15;/h1-2,4,7,11,13-14H,3,5-6,8-10,18H2,(H,19,20);1H. The smallest absolute Gasteiger partial charge is 0.223 e. The van der Waals surface area contributed by atoms with Crippen molar-refractivity contribution in [1.82, 2.24) is 5.32 Å². The lowest BCUT2D eigenvalue weighted by atomic mass is 9.85. The number of benzene rings is 1. The van der Waals surface area contributed by atoms with Gasteiger partial charge >= 0.3 is 0 Å². The van der Waals surface area contributed by atoms with Gasteiger partial charge < -0.3 is 15.5 Å². The molecule has 0 spiro atoms. The van der Waals surface area contributed by atoms with E-state index in [0.717, 1.165) is 48.8 Å². The normalized spacial score (nSPS) is 21.3. The fraction of sp³-hybridized carbons (Fsp3) is 0.471. The minimum absolute atomic E-state index is 0. The second-order valence-corrected chi connectivity index (χ2v) is 5.92. The lowest BCUT2D eigenvalue weighted by Gasteiger charge is -2.25. The fourth-order valence-electron chi connectivity index (χ4n) is 3.08. The fourth-order valence-corrected chi connectivity index (χ4v) is 3.08. The largest absolute Gasteiger partial charge is 0.461 e. The molecule has 1 amide bonds. The molecule has 1 saturated carbocycles. The SMILES string of the molecule is Cl.NC1CCCC(C(=O)NCCc2cc3ccccc3o2)C1. The van der Waals surface area contributed by atoms with Gasteiger partial charge in [-0.1, -0.05) is 24.6 Å². The quantitative estimate of drug-likeness (QED) is 0.909. The van der Waals surface area contributed by atoms with Gasteiger partial charge in [0.15, 0.2) is 0 Å². The summed E-state index contributed by atoms with van der Waals surface area (Å²) in [5.41, 5.74) is 6.83. The van der Waals surface area contributed by atoms with E-state index in [-0.39, 0.29) is 30.3 Å². The summed E-state index contributed by atoms with van der Waals surface area (Å²) in [6.07, 6.45) is 4.60. The molecule has 2 unspecified atom stereocenters. The summed E-state index contributed by atoms with van der Waals surface area (Å²) in [6, 6.07) is 10.2. The minimum atomic E-state index is 0. The highest BCUT2D eigenvalue weighted by atomic mass is 35.5. The molecular weight excluding hydrogens is 300 g/mol. The molecule has 2 atom stereocenters. The van der Waals surface area contributed by atoms with Crippen molar-refractivity contribution in [3.63, 3.8) is 0 Å². The number of carbonyl (C=O) groups excluding carboxylic acids is 1. The first-order valence-electron chi connectivity index (χ1n) is 7.73. The minimum Gasteiger partial charge on any atom is -0.461 e. The molecule has 22 heavy (non-hydrogen) atoms. The van der Waals surface area contributed by atoms with Crippen LogP contribution < -0.4 is 11.1 Å². The highest BCUT2D eigenvalue weighted by molar-refractivity contribution is 5.85. The van der Waals surface area contributed by atoms with Crippen LogP contribution in [0.3, 0.4) is 0 Å². The number of para-hydroxylation sites is 1. The highest BCUT2D eigenvalue weighted by Gasteiger charge is 2.24. The van der Waals surface area contributed by atoms with Crippen molar-refractivity contribution in [2.45, 2.75) is 38.1 Å². The lowest BCUT2D eigenvalue weighted by molar-refractivity contribution is -0.126. The highest BCUT2D eigenvalue weighted by Crippen LogP contribution is 2.23. The van der Waals surface area contributed by atoms with Gasteiger partial charge in [-0.25, -0.2) is 0 Å². The lowest BCUT2D eigenvalue weighted by Crippen LogP contribution is -2.38. The molecule has 1 heterocycles. The summed E-state index contributed by atoms with van der Waals surface area (Å²) in [6.45, 7) is 0.615. The Hall–Kier alpha value is -1.52. The van der Waals surface area contributed by atoms with Crippen LogP contribution in [0.5, 0.6) is 0 Å². The van der Waals surface area contributed by atoms with Crippen molar-refractivity contribution < 1.29 is 9.21 Å². The Balaban J connectivity index is 0.00000176. The molecule has 3 rings (SSSR count). The van der Waals surface area contributed by atoms with Crippen molar-refractivity contribution in [3.05, 3.63) is 36.1 Å². The molecule has 0 aliphatic heterocycles. The van der Waals surface area contributed by atoms with Gasteiger partial charge in [0, 0.05) is 30.3 Å². The van der Waals surface area contributed by atoms with Gasteiger partial charge in [0.2, 0.25) is 5.91 Å². The zero-order valence-corrected chi connectivity index (χ0v) is 13.4. The molecule has 0 bridgehead atoms. The molecule has 1 fully saturated rings. The average Bonchev–Trinajstić information content (AvgIpc) is 2.89. The monoisotopic (exact) mass is 322 g/mol. The van der Waals surface area contributed by atoms with Crippen molar-refractivity contribution in [2.24, 2.45) is 11.7 Å². The van der Waals surface area contributed by atoms with Gasteiger partial charge in [0.05, 0.1) is 0 Å². The van der Waals surface area contributed by atoms with Crippen LogP contribution in [0.1, 0.15) is 31.4 Å². The zero-order chi connectivity index (χ0) is 14.7. The van der Waals surface area contributed by atoms with E-state index in [1.165, 1.54) is 0 Å². The molecule has 2 aromatic rings. The van der Waals surface area contributed by atoms with Crippen LogP contribution in [-0.4, -0.2) is 18.5 Å². The van der Waals surface area contributed by atoms with E-state index < -0.39 is 0 Å². The molecular formula is C17H23ClN2O2. The number of amides is 1. The van der Waals surface area contributed by atoms with Crippen LogP contribution >= 0.6 is 12.4 Å². The third kappa shape index (κ3) is 4.02. The number of nitrogens with two attached hydrogens (primary N) is 1. The molecule has 0 saturated heterocycles. The summed E-state index contributed by atoms with van der Waals surface area (Å²) < 4.78 is 5.74. The van der Waals surface area contributed by atoms with Gasteiger partial charge in [0.1, 0.15) is 11.3 Å². The van der Waals surface area contributed by atoms with E-state index in [4.69, 9.17) is 10.2 Å². The number of hydrogen-bond acceptors (Lipinski definition) is 3. The van der Waals surface area contributed by atoms with E-state index in [1.54, 1.807) is 0 Å². The van der Waals surface area contributed by atoms with Crippen molar-refractivity contribution in [3.8, 4) is 0 Å². The predicted molar refractivity (Wildman–Crippen MR) is 90.1 cm³/mol. The second kappa shape index (κ2) is 7.65. The Morgan fingerprint density at radius 2 is 2.14 bits per heavy atom. The molecule has 1 aromatic heterocycles. The van der Waals surface area contributed by atoms with E-state index in [0.29, 0.717) is 6.54 Å². The summed E-state index contributed by atoms with van der Waals surface area (Å²) in [7, 11) is 0. The maximum atomic E-state index is 12.1. The number of rotatable bonds is 4. The van der Waals surface area contributed by atoms with Crippen LogP contribution in [0.4, 0.5) is 0 Å². The average molecular weight is 323 g/mol. The van der Waals surface area contributed by atoms with Gasteiger partial charge in [-0.15, -0.1) is 12.4 Å². The summed E-state index contributed by atoms with van der Waals surface area (Å²) in [4.78, 5) is 12.1.